The van der Waals surface area contributed by atoms with E-state index in [1.165, 1.54) is 12.8 Å². The molecule has 2 aliphatic rings. The van der Waals surface area contributed by atoms with Gasteiger partial charge in [-0.05, 0) is 68.4 Å². The topological polar surface area (TPSA) is 58.1 Å². The maximum atomic E-state index is 12.7. The Labute approximate surface area is 158 Å². The van der Waals surface area contributed by atoms with Gasteiger partial charge in [0.25, 0.3) is 0 Å². The standard InChI is InChI=1S/C20H23ClN4O/c1-13-10-16(21)5-7-17(13)23-19(26)14-4-6-18-15(11-14)12-22-20(24-18)25-8-2-3-9-25/h5,7,10,12,14H,2-4,6,8-9,11H2,1H3,(H,23,26). The van der Waals surface area contributed by atoms with Gasteiger partial charge in [0.05, 0.1) is 0 Å². The number of hydrogen-bond donors (Lipinski definition) is 1. The average molecular weight is 371 g/mol. The minimum atomic E-state index is -0.0428. The summed E-state index contributed by atoms with van der Waals surface area (Å²) >= 11 is 5.99. The SMILES string of the molecule is Cc1cc(Cl)ccc1NC(=O)C1CCc2nc(N3CCCC3)ncc2C1. The van der Waals surface area contributed by atoms with Crippen LogP contribution in [0.5, 0.6) is 0 Å². The van der Waals surface area contributed by atoms with Crippen LogP contribution in [0.3, 0.4) is 0 Å². The molecule has 1 atom stereocenters. The maximum absolute atomic E-state index is 12.7. The van der Waals surface area contributed by atoms with Crippen LogP contribution in [-0.2, 0) is 17.6 Å². The molecule has 5 nitrogen and oxygen atoms in total. The van der Waals surface area contributed by atoms with Crippen molar-refractivity contribution in [3.8, 4) is 0 Å². The van der Waals surface area contributed by atoms with Gasteiger partial charge < -0.3 is 10.2 Å². The Kier molecular flexibility index (Phi) is 4.81. The summed E-state index contributed by atoms with van der Waals surface area (Å²) in [5, 5.41) is 3.73. The second-order valence-corrected chi connectivity index (χ2v) is 7.66. The molecule has 0 bridgehead atoms. The molecule has 1 aromatic heterocycles. The smallest absolute Gasteiger partial charge is 0.227 e. The number of nitrogens with one attached hydrogen (secondary N) is 1. The number of aromatic nitrogens is 2. The molecule has 1 fully saturated rings. The zero-order valence-electron chi connectivity index (χ0n) is 15.0. The van der Waals surface area contributed by atoms with E-state index >= 15 is 0 Å². The molecule has 0 spiro atoms. The van der Waals surface area contributed by atoms with Crippen molar-refractivity contribution < 1.29 is 4.79 Å². The van der Waals surface area contributed by atoms with E-state index in [-0.39, 0.29) is 11.8 Å². The van der Waals surface area contributed by atoms with Gasteiger partial charge in [-0.1, -0.05) is 11.6 Å². The van der Waals surface area contributed by atoms with Gasteiger partial charge in [0.15, 0.2) is 0 Å². The van der Waals surface area contributed by atoms with Gasteiger partial charge in [0.2, 0.25) is 11.9 Å². The largest absolute Gasteiger partial charge is 0.341 e. The van der Waals surface area contributed by atoms with Gasteiger partial charge >= 0.3 is 0 Å². The summed E-state index contributed by atoms with van der Waals surface area (Å²) in [6.07, 6.45) is 6.70. The van der Waals surface area contributed by atoms with E-state index in [4.69, 9.17) is 16.6 Å². The fourth-order valence-electron chi connectivity index (χ4n) is 3.79. The zero-order valence-corrected chi connectivity index (χ0v) is 15.7. The van der Waals surface area contributed by atoms with Crippen molar-refractivity contribution in [2.45, 2.75) is 39.0 Å². The van der Waals surface area contributed by atoms with Gasteiger partial charge in [-0.3, -0.25) is 4.79 Å². The number of carbonyl (C=O) groups excluding carboxylic acids is 1. The molecular formula is C20H23ClN4O. The van der Waals surface area contributed by atoms with Crippen molar-refractivity contribution in [1.29, 1.82) is 0 Å². The molecule has 0 saturated carbocycles. The van der Waals surface area contributed by atoms with Gasteiger partial charge in [-0.15, -0.1) is 0 Å². The molecule has 26 heavy (non-hydrogen) atoms. The van der Waals surface area contributed by atoms with E-state index in [9.17, 15) is 4.79 Å². The molecule has 1 amide bonds. The van der Waals surface area contributed by atoms with Crippen LogP contribution in [0.15, 0.2) is 24.4 Å². The molecule has 4 rings (SSSR count). The highest BCUT2D eigenvalue weighted by molar-refractivity contribution is 6.30. The number of anilines is 2. The summed E-state index contributed by atoms with van der Waals surface area (Å²) in [5.74, 6) is 0.865. The number of rotatable bonds is 3. The monoisotopic (exact) mass is 370 g/mol. The quantitative estimate of drug-likeness (QED) is 0.893. The third-order valence-electron chi connectivity index (χ3n) is 5.34. The second kappa shape index (κ2) is 7.23. The van der Waals surface area contributed by atoms with Crippen LogP contribution >= 0.6 is 11.6 Å². The maximum Gasteiger partial charge on any atom is 0.227 e. The molecule has 1 aliphatic heterocycles. The summed E-state index contributed by atoms with van der Waals surface area (Å²) in [6, 6.07) is 5.52. The first-order valence-electron chi connectivity index (χ1n) is 9.27. The van der Waals surface area contributed by atoms with E-state index in [1.54, 1.807) is 6.07 Å². The molecular weight excluding hydrogens is 348 g/mol. The lowest BCUT2D eigenvalue weighted by Gasteiger charge is -2.25. The molecule has 2 heterocycles. The van der Waals surface area contributed by atoms with Gasteiger partial charge in [0, 0.05) is 41.6 Å². The van der Waals surface area contributed by atoms with Crippen molar-refractivity contribution in [1.82, 2.24) is 9.97 Å². The highest BCUT2D eigenvalue weighted by atomic mass is 35.5. The Hall–Kier alpha value is -2.14. The molecule has 0 radical (unpaired) electrons. The lowest BCUT2D eigenvalue weighted by atomic mass is 9.86. The van der Waals surface area contributed by atoms with Gasteiger partial charge in [0.1, 0.15) is 0 Å². The Bertz CT molecular complexity index is 833. The summed E-state index contributed by atoms with van der Waals surface area (Å²) in [4.78, 5) is 24.3. The second-order valence-electron chi connectivity index (χ2n) is 7.22. The third kappa shape index (κ3) is 3.54. The van der Waals surface area contributed by atoms with Crippen molar-refractivity contribution in [2.24, 2.45) is 5.92 Å². The van der Waals surface area contributed by atoms with Crippen LogP contribution in [0.2, 0.25) is 5.02 Å². The fourth-order valence-corrected chi connectivity index (χ4v) is 4.02. The molecule has 1 saturated heterocycles. The molecule has 1 unspecified atom stereocenters. The van der Waals surface area contributed by atoms with Gasteiger partial charge in [-0.2, -0.15) is 0 Å². The van der Waals surface area contributed by atoms with Crippen LogP contribution < -0.4 is 10.2 Å². The Morgan fingerprint density at radius 1 is 1.31 bits per heavy atom. The van der Waals surface area contributed by atoms with Crippen LogP contribution in [0, 0.1) is 12.8 Å². The van der Waals surface area contributed by atoms with Crippen LogP contribution in [0.25, 0.3) is 0 Å². The van der Waals surface area contributed by atoms with E-state index in [1.807, 2.05) is 25.3 Å². The summed E-state index contributed by atoms with van der Waals surface area (Å²) in [6.45, 7) is 4.04. The summed E-state index contributed by atoms with van der Waals surface area (Å²) in [5.41, 5.74) is 4.01. The number of nitrogens with zero attached hydrogens (tertiary/aromatic N) is 3. The normalized spacial score (nSPS) is 19.3. The van der Waals surface area contributed by atoms with Crippen LogP contribution in [-0.4, -0.2) is 29.0 Å². The predicted molar refractivity (Wildman–Crippen MR) is 104 cm³/mol. The van der Waals surface area contributed by atoms with Crippen molar-refractivity contribution in [3.05, 3.63) is 46.2 Å². The van der Waals surface area contributed by atoms with E-state index in [0.717, 1.165) is 54.4 Å². The van der Waals surface area contributed by atoms with E-state index < -0.39 is 0 Å². The highest BCUT2D eigenvalue weighted by Gasteiger charge is 2.27. The fraction of sp³-hybridized carbons (Fsp3) is 0.450. The Morgan fingerprint density at radius 3 is 2.88 bits per heavy atom. The van der Waals surface area contributed by atoms with Gasteiger partial charge in [-0.25, -0.2) is 9.97 Å². The first kappa shape index (κ1) is 17.3. The van der Waals surface area contributed by atoms with Crippen molar-refractivity contribution >= 4 is 29.1 Å². The highest BCUT2D eigenvalue weighted by Crippen LogP contribution is 2.28. The lowest BCUT2D eigenvalue weighted by Crippen LogP contribution is -2.29. The van der Waals surface area contributed by atoms with Crippen LogP contribution in [0.1, 0.15) is 36.1 Å². The Balaban J connectivity index is 1.45. The number of halogens is 1. The minimum absolute atomic E-state index is 0.0428. The zero-order chi connectivity index (χ0) is 18.1. The Morgan fingerprint density at radius 2 is 2.12 bits per heavy atom. The molecule has 1 aliphatic carbocycles. The lowest BCUT2D eigenvalue weighted by molar-refractivity contribution is -0.120. The molecule has 1 aromatic carbocycles. The molecule has 1 N–H and O–H groups in total. The summed E-state index contributed by atoms with van der Waals surface area (Å²) in [7, 11) is 0. The third-order valence-corrected chi connectivity index (χ3v) is 5.58. The molecule has 2 aromatic rings. The first-order chi connectivity index (χ1) is 12.6. The number of amides is 1. The van der Waals surface area contributed by atoms with Crippen LogP contribution in [0.4, 0.5) is 11.6 Å². The number of benzene rings is 1. The number of fused-ring (bicyclic) bond motifs is 1. The number of hydrogen-bond acceptors (Lipinski definition) is 4. The molecule has 136 valence electrons. The van der Waals surface area contributed by atoms with Crippen molar-refractivity contribution in [2.75, 3.05) is 23.3 Å². The van der Waals surface area contributed by atoms with Crippen molar-refractivity contribution in [3.63, 3.8) is 0 Å². The molecule has 6 heteroatoms. The first-order valence-corrected chi connectivity index (χ1v) is 9.65. The van der Waals surface area contributed by atoms with E-state index in [2.05, 4.69) is 15.2 Å². The summed E-state index contributed by atoms with van der Waals surface area (Å²) < 4.78 is 0. The minimum Gasteiger partial charge on any atom is -0.341 e. The number of aryl methyl sites for hydroxylation is 2. The average Bonchev–Trinajstić information content (AvgIpc) is 3.18. The number of carbonyl (C=O) groups is 1. The van der Waals surface area contributed by atoms with E-state index in [0.29, 0.717) is 11.4 Å². The predicted octanol–water partition coefficient (Wildman–Crippen LogP) is 3.78.